The zero-order valence-corrected chi connectivity index (χ0v) is 4.11. The third kappa shape index (κ3) is 2.59. The van der Waals surface area contributed by atoms with Gasteiger partial charge in [-0.2, -0.15) is 0 Å². The second kappa shape index (κ2) is 4.19. The van der Waals surface area contributed by atoms with Gasteiger partial charge in [0.2, 0.25) is 0 Å². The second-order valence-corrected chi connectivity index (χ2v) is 1.37. The molecule has 0 radical (unpaired) electrons. The molecule has 0 fully saturated rings. The van der Waals surface area contributed by atoms with Crippen LogP contribution < -0.4 is 0 Å². The van der Waals surface area contributed by atoms with Crippen LogP contribution in [0.2, 0.25) is 0 Å². The number of carboxylic acid groups (broad SMARTS) is 1. The molecular weight excluding hydrogens is 243 g/mol. The molecule has 0 spiro atoms. The fourth-order valence-corrected chi connectivity index (χ4v) is 0.462. The van der Waals surface area contributed by atoms with Crippen LogP contribution in [-0.4, -0.2) is 64.6 Å². The summed E-state index contributed by atoms with van der Waals surface area (Å²) in [7, 11) is 0. The van der Waals surface area contributed by atoms with Gasteiger partial charge in [0.1, 0.15) is 0 Å². The molecular formula is C5H7BaNO2. The van der Waals surface area contributed by atoms with Crippen LogP contribution in [0.1, 0.15) is 0 Å². The zero-order chi connectivity index (χ0) is 5.98. The summed E-state index contributed by atoms with van der Waals surface area (Å²) in [6.07, 6.45) is 2.00. The van der Waals surface area contributed by atoms with E-state index in [0.717, 1.165) is 4.57 Å². The van der Waals surface area contributed by atoms with E-state index in [1.54, 1.807) is 12.1 Å². The Labute approximate surface area is 92.7 Å². The van der Waals surface area contributed by atoms with Crippen LogP contribution in [0, 0.1) is 0 Å². The molecule has 0 aliphatic rings. The van der Waals surface area contributed by atoms with E-state index in [1.165, 1.54) is 12.4 Å². The number of carbonyl (C=O) groups is 1. The zero-order valence-electron chi connectivity index (χ0n) is 4.11. The van der Waals surface area contributed by atoms with Crippen LogP contribution in [-0.2, 0) is 0 Å². The fourth-order valence-electron chi connectivity index (χ4n) is 0.462. The maximum absolute atomic E-state index is 10.0. The molecule has 0 amide bonds. The monoisotopic (exact) mass is 251 g/mol. The quantitative estimate of drug-likeness (QED) is 0.664. The van der Waals surface area contributed by atoms with E-state index < -0.39 is 6.09 Å². The SMILES string of the molecule is O=C(O)n1cccc1.[BaH2]. The van der Waals surface area contributed by atoms with E-state index in [4.69, 9.17) is 5.11 Å². The molecule has 0 saturated carbocycles. The molecule has 1 rings (SSSR count). The summed E-state index contributed by atoms with van der Waals surface area (Å²) in [6, 6.07) is 3.32. The van der Waals surface area contributed by atoms with E-state index in [9.17, 15) is 4.79 Å². The predicted molar refractivity (Wildman–Crippen MR) is 36.4 cm³/mol. The average Bonchev–Trinajstić information content (AvgIpc) is 2.12. The Hall–Kier alpha value is 0.321. The van der Waals surface area contributed by atoms with Gasteiger partial charge in [0.25, 0.3) is 0 Å². The van der Waals surface area contributed by atoms with Crippen molar-refractivity contribution in [3.8, 4) is 0 Å². The van der Waals surface area contributed by atoms with Crippen molar-refractivity contribution < 1.29 is 9.90 Å². The number of hydrogen-bond donors (Lipinski definition) is 1. The van der Waals surface area contributed by atoms with Crippen LogP contribution in [0.25, 0.3) is 0 Å². The van der Waals surface area contributed by atoms with Gasteiger partial charge in [-0.25, -0.2) is 4.79 Å². The summed E-state index contributed by atoms with van der Waals surface area (Å²) in [6.45, 7) is 0. The van der Waals surface area contributed by atoms with Gasteiger partial charge in [0.15, 0.2) is 0 Å². The first kappa shape index (κ1) is 9.32. The number of nitrogens with zero attached hydrogens (tertiary/aromatic N) is 1. The molecule has 0 atom stereocenters. The van der Waals surface area contributed by atoms with Crippen molar-refractivity contribution in [3.05, 3.63) is 24.5 Å². The van der Waals surface area contributed by atoms with Crippen LogP contribution >= 0.6 is 0 Å². The normalized spacial score (nSPS) is 8.00. The Morgan fingerprint density at radius 2 is 1.78 bits per heavy atom. The molecule has 1 heterocycles. The third-order valence-corrected chi connectivity index (χ3v) is 0.825. The van der Waals surface area contributed by atoms with E-state index in [0.29, 0.717) is 0 Å². The summed E-state index contributed by atoms with van der Waals surface area (Å²) in [5.41, 5.74) is 0. The van der Waals surface area contributed by atoms with Crippen molar-refractivity contribution in [1.82, 2.24) is 4.57 Å². The Kier molecular flexibility index (Phi) is 4.34. The Bertz CT molecular complexity index is 183. The molecule has 3 nitrogen and oxygen atoms in total. The van der Waals surface area contributed by atoms with Gasteiger partial charge >= 0.3 is 55.0 Å². The van der Waals surface area contributed by atoms with Crippen molar-refractivity contribution in [1.29, 1.82) is 0 Å². The van der Waals surface area contributed by atoms with Gasteiger partial charge in [-0.3, -0.25) is 4.57 Å². The van der Waals surface area contributed by atoms with Gasteiger partial charge in [-0.05, 0) is 12.1 Å². The summed E-state index contributed by atoms with van der Waals surface area (Å²) in [5.74, 6) is 0. The summed E-state index contributed by atoms with van der Waals surface area (Å²) in [4.78, 5) is 10.0. The Balaban J connectivity index is 0.000000640. The van der Waals surface area contributed by atoms with Gasteiger partial charge in [0, 0.05) is 12.4 Å². The second-order valence-electron chi connectivity index (χ2n) is 1.37. The molecule has 1 aromatic heterocycles. The van der Waals surface area contributed by atoms with E-state index >= 15 is 0 Å². The van der Waals surface area contributed by atoms with Crippen LogP contribution in [0.3, 0.4) is 0 Å². The molecule has 1 aromatic rings. The summed E-state index contributed by atoms with van der Waals surface area (Å²) in [5, 5.41) is 8.24. The molecule has 46 valence electrons. The van der Waals surface area contributed by atoms with E-state index in [-0.39, 0.29) is 48.9 Å². The molecule has 0 unspecified atom stereocenters. The van der Waals surface area contributed by atoms with Crippen molar-refractivity contribution in [2.24, 2.45) is 0 Å². The van der Waals surface area contributed by atoms with E-state index in [2.05, 4.69) is 0 Å². The van der Waals surface area contributed by atoms with E-state index in [1.807, 2.05) is 0 Å². The van der Waals surface area contributed by atoms with Gasteiger partial charge < -0.3 is 5.11 Å². The predicted octanol–water partition coefficient (Wildman–Crippen LogP) is 0.0980. The van der Waals surface area contributed by atoms with Crippen LogP contribution in [0.15, 0.2) is 24.5 Å². The molecule has 1 N–H and O–H groups in total. The van der Waals surface area contributed by atoms with Crippen LogP contribution in [0.5, 0.6) is 0 Å². The first-order chi connectivity index (χ1) is 3.80. The fraction of sp³-hybridized carbons (Fsp3) is 0. The first-order valence-corrected chi connectivity index (χ1v) is 2.17. The topological polar surface area (TPSA) is 42.2 Å². The minimum atomic E-state index is -0.949. The number of hydrogen-bond acceptors (Lipinski definition) is 1. The maximum atomic E-state index is 10.0. The standard InChI is InChI=1S/C5H5NO2.Ba.2H/c7-5(8)6-3-1-2-4-6;;;/h1-4H,(H,7,8);;;. The molecule has 0 aromatic carbocycles. The van der Waals surface area contributed by atoms with Crippen LogP contribution in [0.4, 0.5) is 4.79 Å². The van der Waals surface area contributed by atoms with Crippen molar-refractivity contribution in [2.45, 2.75) is 0 Å². The van der Waals surface area contributed by atoms with Crippen molar-refractivity contribution >= 4 is 55.0 Å². The Morgan fingerprint density at radius 3 is 2.00 bits per heavy atom. The van der Waals surface area contributed by atoms with Gasteiger partial charge in [-0.15, -0.1) is 0 Å². The van der Waals surface area contributed by atoms with Crippen molar-refractivity contribution in [3.63, 3.8) is 0 Å². The minimum absolute atomic E-state index is 0. The molecule has 0 aliphatic carbocycles. The molecule has 4 heteroatoms. The summed E-state index contributed by atoms with van der Waals surface area (Å²) >= 11 is 0. The summed E-state index contributed by atoms with van der Waals surface area (Å²) < 4.78 is 1.08. The third-order valence-electron chi connectivity index (χ3n) is 0.825. The molecule has 0 bridgehead atoms. The molecule has 0 aliphatic heterocycles. The van der Waals surface area contributed by atoms with Crippen molar-refractivity contribution in [2.75, 3.05) is 0 Å². The molecule has 0 saturated heterocycles. The van der Waals surface area contributed by atoms with Gasteiger partial charge in [0.05, 0.1) is 0 Å². The number of aromatic nitrogens is 1. The molecule has 9 heavy (non-hydrogen) atoms. The Morgan fingerprint density at radius 1 is 1.33 bits per heavy atom. The first-order valence-electron chi connectivity index (χ1n) is 2.17. The number of rotatable bonds is 0. The average molecular weight is 250 g/mol. The van der Waals surface area contributed by atoms with Gasteiger partial charge in [-0.1, -0.05) is 0 Å².